The normalized spacial score (nSPS) is 12.1. The lowest BCUT2D eigenvalue weighted by Gasteiger charge is -2.12. The molecule has 9 aromatic carbocycles. The molecule has 0 saturated heterocycles. The lowest BCUT2D eigenvalue weighted by Crippen LogP contribution is -1.97. The maximum Gasteiger partial charge on any atom is 0.0562 e. The van der Waals surface area contributed by atoms with Crippen molar-refractivity contribution < 1.29 is 0 Å². The van der Waals surface area contributed by atoms with Gasteiger partial charge in [0.15, 0.2) is 0 Å². The van der Waals surface area contributed by atoms with Crippen molar-refractivity contribution in [1.82, 2.24) is 18.3 Å². The summed E-state index contributed by atoms with van der Waals surface area (Å²) in [6.07, 6.45) is 0. The molecule has 4 aromatic heterocycles. The zero-order valence-corrected chi connectivity index (χ0v) is 31.4. The third-order valence-corrected chi connectivity index (χ3v) is 12.3. The van der Waals surface area contributed by atoms with Crippen molar-refractivity contribution in [2.75, 3.05) is 0 Å². The van der Waals surface area contributed by atoms with Gasteiger partial charge in [0.2, 0.25) is 0 Å². The highest BCUT2D eigenvalue weighted by molar-refractivity contribution is 6.20. The van der Waals surface area contributed by atoms with Crippen LogP contribution in [0.4, 0.5) is 0 Å². The van der Waals surface area contributed by atoms with E-state index in [1.807, 2.05) is 0 Å². The summed E-state index contributed by atoms with van der Waals surface area (Å²) in [4.78, 5) is 0. The van der Waals surface area contributed by atoms with Crippen molar-refractivity contribution in [3.8, 4) is 22.7 Å². The highest BCUT2D eigenvalue weighted by Crippen LogP contribution is 2.42. The summed E-state index contributed by atoms with van der Waals surface area (Å²) < 4.78 is 9.71. The van der Waals surface area contributed by atoms with Gasteiger partial charge in [0.25, 0.3) is 0 Å². The fourth-order valence-corrected chi connectivity index (χ4v) is 9.90. The van der Waals surface area contributed by atoms with E-state index in [9.17, 15) is 0 Å². The van der Waals surface area contributed by atoms with Crippen LogP contribution in [0.3, 0.4) is 0 Å². The first kappa shape index (κ1) is 31.4. The predicted octanol–water partition coefficient (Wildman–Crippen LogP) is 14.1. The van der Waals surface area contributed by atoms with E-state index >= 15 is 0 Å². The Balaban J connectivity index is 1.09. The molecule has 4 nitrogen and oxygen atoms in total. The second-order valence-corrected chi connectivity index (χ2v) is 15.4. The molecule has 0 saturated carbocycles. The highest BCUT2D eigenvalue weighted by Gasteiger charge is 2.21. The van der Waals surface area contributed by atoms with E-state index in [0.29, 0.717) is 0 Å². The standard InChI is InChI=1S/C54H34N4/c1-3-15-35(16-4-1)55-47-23-11-7-19-39(47)43-31-37(27-29-51(43)55)57-49-25-13-9-21-41(49)45-33-46-42-22-10-14-26-50(42)58(54(46)34-53(45)57)38-28-30-52-44(32-38)40-20-8-12-24-48(40)56(52)36-17-5-2-6-18-36/h1-34H. The molecule has 0 aliphatic heterocycles. The number of benzene rings is 9. The van der Waals surface area contributed by atoms with Gasteiger partial charge in [-0.2, -0.15) is 0 Å². The van der Waals surface area contributed by atoms with Crippen LogP contribution in [0.25, 0.3) is 110 Å². The van der Waals surface area contributed by atoms with Crippen molar-refractivity contribution in [3.05, 3.63) is 206 Å². The van der Waals surface area contributed by atoms with Crippen molar-refractivity contribution in [3.63, 3.8) is 0 Å². The molecule has 0 N–H and O–H groups in total. The molecule has 13 aromatic rings. The molecule has 0 fully saturated rings. The van der Waals surface area contributed by atoms with Crippen molar-refractivity contribution in [2.24, 2.45) is 0 Å². The minimum Gasteiger partial charge on any atom is -0.309 e. The van der Waals surface area contributed by atoms with E-state index in [1.165, 1.54) is 87.2 Å². The Kier molecular flexibility index (Phi) is 6.41. The molecule has 4 heterocycles. The Morgan fingerprint density at radius 1 is 0.172 bits per heavy atom. The molecule has 0 bridgehead atoms. The van der Waals surface area contributed by atoms with Gasteiger partial charge < -0.3 is 18.3 Å². The molecule has 0 aliphatic carbocycles. The number of nitrogens with zero attached hydrogens (tertiary/aromatic N) is 4. The van der Waals surface area contributed by atoms with Crippen LogP contribution in [-0.4, -0.2) is 18.3 Å². The number of aromatic nitrogens is 4. The second kappa shape index (κ2) is 11.8. The van der Waals surface area contributed by atoms with E-state index in [-0.39, 0.29) is 0 Å². The van der Waals surface area contributed by atoms with E-state index in [0.717, 1.165) is 22.7 Å². The fraction of sp³-hybridized carbons (Fsp3) is 0. The first-order valence-electron chi connectivity index (χ1n) is 19.9. The van der Waals surface area contributed by atoms with Crippen LogP contribution in [0.2, 0.25) is 0 Å². The molecule has 0 atom stereocenters. The number of fused-ring (bicyclic) bond motifs is 12. The summed E-state index contributed by atoms with van der Waals surface area (Å²) in [5.74, 6) is 0. The first-order chi connectivity index (χ1) is 28.8. The second-order valence-electron chi connectivity index (χ2n) is 15.4. The number of rotatable bonds is 4. The maximum absolute atomic E-state index is 2.47. The quantitative estimate of drug-likeness (QED) is 0.171. The van der Waals surface area contributed by atoms with Crippen molar-refractivity contribution >= 4 is 87.2 Å². The SMILES string of the molecule is c1ccc(-n2c3ccccc3c3cc(-n4c5ccccc5c5cc6c7ccccc7n(-c7ccc8c(c7)c7ccccc7n8-c7ccccc7)c6cc54)ccc32)cc1. The van der Waals surface area contributed by atoms with Gasteiger partial charge in [0.1, 0.15) is 0 Å². The van der Waals surface area contributed by atoms with Crippen LogP contribution >= 0.6 is 0 Å². The van der Waals surface area contributed by atoms with Crippen LogP contribution in [0.15, 0.2) is 206 Å². The van der Waals surface area contributed by atoms with E-state index in [4.69, 9.17) is 0 Å². The van der Waals surface area contributed by atoms with E-state index < -0.39 is 0 Å². The van der Waals surface area contributed by atoms with Crippen LogP contribution in [0.5, 0.6) is 0 Å². The van der Waals surface area contributed by atoms with Gasteiger partial charge in [0.05, 0.1) is 44.1 Å². The molecule has 0 radical (unpaired) electrons. The minimum absolute atomic E-state index is 1.15. The molecular formula is C54H34N4. The first-order valence-corrected chi connectivity index (χ1v) is 19.9. The van der Waals surface area contributed by atoms with Crippen LogP contribution in [0.1, 0.15) is 0 Å². The molecule has 0 aliphatic rings. The molecule has 270 valence electrons. The summed E-state index contributed by atoms with van der Waals surface area (Å²) in [7, 11) is 0. The van der Waals surface area contributed by atoms with Crippen LogP contribution < -0.4 is 0 Å². The van der Waals surface area contributed by atoms with Crippen molar-refractivity contribution in [1.29, 1.82) is 0 Å². The van der Waals surface area contributed by atoms with Gasteiger partial charge in [0, 0.05) is 65.8 Å². The largest absolute Gasteiger partial charge is 0.309 e. The molecular weight excluding hydrogens is 705 g/mol. The molecule has 4 heteroatoms. The third-order valence-electron chi connectivity index (χ3n) is 12.3. The Labute approximate surface area is 333 Å². The maximum atomic E-state index is 2.47. The monoisotopic (exact) mass is 738 g/mol. The van der Waals surface area contributed by atoms with Crippen LogP contribution in [-0.2, 0) is 0 Å². The number of para-hydroxylation sites is 6. The van der Waals surface area contributed by atoms with Gasteiger partial charge >= 0.3 is 0 Å². The third kappa shape index (κ3) is 4.29. The summed E-state index contributed by atoms with van der Waals surface area (Å²) in [6.45, 7) is 0. The zero-order chi connectivity index (χ0) is 37.9. The molecule has 0 amide bonds. The van der Waals surface area contributed by atoms with Crippen molar-refractivity contribution in [2.45, 2.75) is 0 Å². The topological polar surface area (TPSA) is 19.7 Å². The van der Waals surface area contributed by atoms with E-state index in [2.05, 4.69) is 225 Å². The number of hydrogen-bond acceptors (Lipinski definition) is 0. The minimum atomic E-state index is 1.15. The van der Waals surface area contributed by atoms with Crippen LogP contribution in [0, 0.1) is 0 Å². The average Bonchev–Trinajstić information content (AvgIpc) is 4.00. The van der Waals surface area contributed by atoms with Gasteiger partial charge in [-0.15, -0.1) is 0 Å². The molecule has 58 heavy (non-hydrogen) atoms. The summed E-state index contributed by atoms with van der Waals surface area (Å²) in [6, 6.07) is 75.5. The number of hydrogen-bond donors (Lipinski definition) is 0. The molecule has 0 spiro atoms. The highest BCUT2D eigenvalue weighted by atomic mass is 15.0. The molecule has 13 rings (SSSR count). The Morgan fingerprint density at radius 3 is 0.845 bits per heavy atom. The lowest BCUT2D eigenvalue weighted by molar-refractivity contribution is 1.16. The summed E-state index contributed by atoms with van der Waals surface area (Å²) >= 11 is 0. The Morgan fingerprint density at radius 2 is 0.466 bits per heavy atom. The predicted molar refractivity (Wildman–Crippen MR) is 244 cm³/mol. The van der Waals surface area contributed by atoms with Gasteiger partial charge in [-0.05, 0) is 97.1 Å². The van der Waals surface area contributed by atoms with Gasteiger partial charge in [-0.25, -0.2) is 0 Å². The Hall–Kier alpha value is -7.82. The van der Waals surface area contributed by atoms with Gasteiger partial charge in [-0.3, -0.25) is 0 Å². The van der Waals surface area contributed by atoms with Gasteiger partial charge in [-0.1, -0.05) is 109 Å². The Bertz CT molecular complexity index is 3540. The average molecular weight is 739 g/mol. The summed E-state index contributed by atoms with van der Waals surface area (Å²) in [5, 5.41) is 9.96. The summed E-state index contributed by atoms with van der Waals surface area (Å²) in [5.41, 5.74) is 14.2. The lowest BCUT2D eigenvalue weighted by atomic mass is 10.1. The molecule has 0 unspecified atom stereocenters. The smallest absolute Gasteiger partial charge is 0.0562 e. The zero-order valence-electron chi connectivity index (χ0n) is 31.4. The van der Waals surface area contributed by atoms with E-state index in [1.54, 1.807) is 0 Å². The fourth-order valence-electron chi connectivity index (χ4n) is 9.90.